The molecule has 0 bridgehead atoms. The highest BCUT2D eigenvalue weighted by molar-refractivity contribution is 5.58. The van der Waals surface area contributed by atoms with Crippen LogP contribution in [-0.4, -0.2) is 4.98 Å². The molecule has 30 heavy (non-hydrogen) atoms. The van der Waals surface area contributed by atoms with Crippen molar-refractivity contribution >= 4 is 5.88 Å². The van der Waals surface area contributed by atoms with Crippen LogP contribution in [0.3, 0.4) is 0 Å². The fraction of sp³-hybridized carbons (Fsp3) is 0.0435. The summed E-state index contributed by atoms with van der Waals surface area (Å²) in [5.41, 5.74) is 1.56. The van der Waals surface area contributed by atoms with Gasteiger partial charge in [-0.2, -0.15) is 10.2 Å². The lowest BCUT2D eigenvalue weighted by Crippen LogP contribution is -2.00. The van der Waals surface area contributed by atoms with Crippen LogP contribution >= 0.6 is 0 Å². The molecule has 0 radical (unpaired) electrons. The molecule has 4 rings (SSSR count). The molecule has 4 aromatic rings. The van der Waals surface area contributed by atoms with Gasteiger partial charge in [-0.3, -0.25) is 0 Å². The number of aromatic nitrogens is 1. The molecule has 0 aliphatic heterocycles. The first kappa shape index (κ1) is 19.2. The summed E-state index contributed by atoms with van der Waals surface area (Å²) in [6.07, 6.45) is 0. The predicted molar refractivity (Wildman–Crippen MR) is 107 cm³/mol. The molecular weight excluding hydrogens is 388 g/mol. The molecule has 0 amide bonds. The van der Waals surface area contributed by atoms with Crippen molar-refractivity contribution in [3.63, 3.8) is 0 Å². The van der Waals surface area contributed by atoms with Crippen molar-refractivity contribution < 1.29 is 17.9 Å². The van der Waals surface area contributed by atoms with Gasteiger partial charge in [-0.15, -0.1) is 0 Å². The van der Waals surface area contributed by atoms with E-state index in [1.165, 1.54) is 30.3 Å². The Balaban J connectivity index is 1.44. The zero-order chi connectivity index (χ0) is 20.9. The van der Waals surface area contributed by atoms with Gasteiger partial charge in [0.25, 0.3) is 0 Å². The van der Waals surface area contributed by atoms with Gasteiger partial charge in [0.1, 0.15) is 17.6 Å². The van der Waals surface area contributed by atoms with E-state index in [0.717, 1.165) is 5.56 Å². The molecule has 0 atom stereocenters. The Bertz CT molecular complexity index is 1200. The molecule has 0 saturated heterocycles. The van der Waals surface area contributed by atoms with E-state index in [4.69, 9.17) is 9.15 Å². The molecular formula is C23H15F2N3O2. The zero-order valence-electron chi connectivity index (χ0n) is 15.6. The molecule has 5 nitrogen and oxygen atoms in total. The number of nitrogens with zero attached hydrogens (tertiary/aromatic N) is 2. The summed E-state index contributed by atoms with van der Waals surface area (Å²) in [7, 11) is 0. The number of ether oxygens (including phenoxy) is 1. The first-order valence-corrected chi connectivity index (χ1v) is 9.04. The minimum Gasteiger partial charge on any atom is -0.454 e. The molecule has 1 heterocycles. The summed E-state index contributed by atoms with van der Waals surface area (Å²) in [6, 6.07) is 20.9. The third kappa shape index (κ3) is 4.28. The van der Waals surface area contributed by atoms with Crippen molar-refractivity contribution in [2.24, 2.45) is 0 Å². The van der Waals surface area contributed by atoms with Crippen molar-refractivity contribution in [3.8, 4) is 29.0 Å². The Morgan fingerprint density at radius 3 is 2.40 bits per heavy atom. The summed E-state index contributed by atoms with van der Waals surface area (Å²) in [5, 5.41) is 12.3. The van der Waals surface area contributed by atoms with Crippen molar-refractivity contribution in [3.05, 3.63) is 95.7 Å². The second-order valence-corrected chi connectivity index (χ2v) is 6.35. The molecule has 0 aliphatic rings. The van der Waals surface area contributed by atoms with Gasteiger partial charge in [0.15, 0.2) is 11.6 Å². The molecule has 1 N–H and O–H groups in total. The monoisotopic (exact) mass is 403 g/mol. The largest absolute Gasteiger partial charge is 0.454 e. The Morgan fingerprint density at radius 1 is 0.967 bits per heavy atom. The van der Waals surface area contributed by atoms with E-state index in [-0.39, 0.29) is 29.0 Å². The van der Waals surface area contributed by atoms with Gasteiger partial charge >= 0.3 is 0 Å². The lowest BCUT2D eigenvalue weighted by Gasteiger charge is -2.08. The minimum absolute atomic E-state index is 0.105. The third-order valence-electron chi connectivity index (χ3n) is 4.27. The number of para-hydroxylation sites is 1. The number of hydrogen-bond acceptors (Lipinski definition) is 5. The fourth-order valence-corrected chi connectivity index (χ4v) is 2.74. The zero-order valence-corrected chi connectivity index (χ0v) is 15.6. The van der Waals surface area contributed by atoms with Gasteiger partial charge in [0.2, 0.25) is 17.5 Å². The molecule has 0 spiro atoms. The van der Waals surface area contributed by atoms with Crippen LogP contribution in [-0.2, 0) is 6.54 Å². The van der Waals surface area contributed by atoms with Crippen LogP contribution in [0.4, 0.5) is 14.7 Å². The maximum atomic E-state index is 13.7. The molecule has 7 heteroatoms. The SMILES string of the molecule is N#Cc1nc(-c2ccc(F)cc2)oc1NCc1ccc(Oc2ccccc2F)cc1. The average Bonchev–Trinajstić information content (AvgIpc) is 3.19. The van der Waals surface area contributed by atoms with Crippen LogP contribution in [0.1, 0.15) is 11.3 Å². The Morgan fingerprint density at radius 2 is 1.70 bits per heavy atom. The van der Waals surface area contributed by atoms with Crippen LogP contribution in [0.2, 0.25) is 0 Å². The maximum absolute atomic E-state index is 13.7. The van der Waals surface area contributed by atoms with Crippen LogP contribution in [0, 0.1) is 23.0 Å². The van der Waals surface area contributed by atoms with Crippen molar-refractivity contribution in [2.45, 2.75) is 6.54 Å². The number of anilines is 1. The van der Waals surface area contributed by atoms with Crippen LogP contribution < -0.4 is 10.1 Å². The first-order valence-electron chi connectivity index (χ1n) is 9.04. The van der Waals surface area contributed by atoms with E-state index < -0.39 is 5.82 Å². The van der Waals surface area contributed by atoms with Gasteiger partial charge in [-0.25, -0.2) is 8.78 Å². The lowest BCUT2D eigenvalue weighted by molar-refractivity contribution is 0.442. The Hall–Kier alpha value is -4.18. The van der Waals surface area contributed by atoms with Gasteiger partial charge in [0.05, 0.1) is 0 Å². The number of benzene rings is 3. The summed E-state index contributed by atoms with van der Waals surface area (Å²) in [4.78, 5) is 4.14. The highest BCUT2D eigenvalue weighted by atomic mass is 19.1. The normalized spacial score (nSPS) is 10.4. The summed E-state index contributed by atoms with van der Waals surface area (Å²) < 4.78 is 37.9. The summed E-state index contributed by atoms with van der Waals surface area (Å²) in [5.74, 6) is 0.296. The molecule has 148 valence electrons. The highest BCUT2D eigenvalue weighted by Gasteiger charge is 2.14. The molecule has 3 aromatic carbocycles. The number of halogens is 2. The smallest absolute Gasteiger partial charge is 0.232 e. The van der Waals surface area contributed by atoms with E-state index >= 15 is 0 Å². The average molecular weight is 403 g/mol. The van der Waals surface area contributed by atoms with E-state index in [9.17, 15) is 14.0 Å². The van der Waals surface area contributed by atoms with Crippen LogP contribution in [0.5, 0.6) is 11.5 Å². The quantitative estimate of drug-likeness (QED) is 0.434. The number of nitrogens with one attached hydrogen (secondary N) is 1. The Labute approximate surface area is 171 Å². The summed E-state index contributed by atoms with van der Waals surface area (Å²) in [6.45, 7) is 0.368. The molecule has 1 aromatic heterocycles. The van der Waals surface area contributed by atoms with Gasteiger partial charge in [-0.1, -0.05) is 24.3 Å². The predicted octanol–water partition coefficient (Wildman–Crippen LogP) is 5.90. The fourth-order valence-electron chi connectivity index (χ4n) is 2.74. The number of oxazole rings is 1. The van der Waals surface area contributed by atoms with Gasteiger partial charge < -0.3 is 14.5 Å². The van der Waals surface area contributed by atoms with E-state index in [1.54, 1.807) is 30.3 Å². The maximum Gasteiger partial charge on any atom is 0.232 e. The second-order valence-electron chi connectivity index (χ2n) is 6.35. The lowest BCUT2D eigenvalue weighted by atomic mass is 10.2. The van der Waals surface area contributed by atoms with Gasteiger partial charge in [0, 0.05) is 12.1 Å². The van der Waals surface area contributed by atoms with Gasteiger partial charge in [-0.05, 0) is 54.1 Å². The van der Waals surface area contributed by atoms with Crippen LogP contribution in [0.25, 0.3) is 11.5 Å². The van der Waals surface area contributed by atoms with E-state index in [2.05, 4.69) is 10.3 Å². The molecule has 0 saturated carbocycles. The minimum atomic E-state index is -0.436. The van der Waals surface area contributed by atoms with Crippen molar-refractivity contribution in [1.29, 1.82) is 5.26 Å². The van der Waals surface area contributed by atoms with Crippen molar-refractivity contribution in [1.82, 2.24) is 4.98 Å². The molecule has 0 unspecified atom stereocenters. The topological polar surface area (TPSA) is 71.1 Å². The first-order chi connectivity index (χ1) is 14.6. The van der Waals surface area contributed by atoms with E-state index in [1.807, 2.05) is 18.2 Å². The second kappa shape index (κ2) is 8.45. The van der Waals surface area contributed by atoms with Crippen LogP contribution in [0.15, 0.2) is 77.2 Å². The Kier molecular flexibility index (Phi) is 5.39. The third-order valence-corrected chi connectivity index (χ3v) is 4.27. The summed E-state index contributed by atoms with van der Waals surface area (Å²) >= 11 is 0. The number of nitriles is 1. The highest BCUT2D eigenvalue weighted by Crippen LogP contribution is 2.27. The molecule has 0 aliphatic carbocycles. The number of rotatable bonds is 6. The van der Waals surface area contributed by atoms with E-state index in [0.29, 0.717) is 17.9 Å². The number of hydrogen-bond donors (Lipinski definition) is 1. The molecule has 0 fully saturated rings. The van der Waals surface area contributed by atoms with Crippen molar-refractivity contribution in [2.75, 3.05) is 5.32 Å². The standard InChI is InChI=1S/C23H15F2N3O2/c24-17-9-7-16(8-10-17)22-28-20(13-26)23(30-22)27-14-15-5-11-18(12-6-15)29-21-4-2-1-3-19(21)25/h1-12,27H,14H2.